The van der Waals surface area contributed by atoms with Gasteiger partial charge < -0.3 is 15.8 Å². The van der Waals surface area contributed by atoms with Crippen molar-refractivity contribution in [2.24, 2.45) is 5.73 Å². The third kappa shape index (κ3) is 4.92. The van der Waals surface area contributed by atoms with Gasteiger partial charge in [-0.25, -0.2) is 0 Å². The molecule has 5 nitrogen and oxygen atoms in total. The highest BCUT2D eigenvalue weighted by Crippen LogP contribution is 2.04. The number of ether oxygens (including phenoxy) is 1. The van der Waals surface area contributed by atoms with Crippen LogP contribution in [0.15, 0.2) is 0 Å². The van der Waals surface area contributed by atoms with Crippen LogP contribution < -0.4 is 11.1 Å². The second-order valence-corrected chi connectivity index (χ2v) is 5.26. The summed E-state index contributed by atoms with van der Waals surface area (Å²) in [4.78, 5) is 13.8. The normalized spacial score (nSPS) is 23.1. The highest BCUT2D eigenvalue weighted by molar-refractivity contribution is 5.78. The molecule has 0 saturated carbocycles. The number of nitrogens with two attached hydrogens (primary N) is 1. The first-order valence-electron chi connectivity index (χ1n) is 5.76. The van der Waals surface area contributed by atoms with Crippen molar-refractivity contribution >= 4 is 5.91 Å². The Bertz CT molecular complexity index is 238. The minimum atomic E-state index is -0.170. The van der Waals surface area contributed by atoms with E-state index in [1.165, 1.54) is 0 Å². The number of amides is 1. The van der Waals surface area contributed by atoms with Crippen molar-refractivity contribution in [2.75, 3.05) is 32.8 Å². The van der Waals surface area contributed by atoms with Gasteiger partial charge in [-0.1, -0.05) is 0 Å². The summed E-state index contributed by atoms with van der Waals surface area (Å²) < 4.78 is 5.44. The van der Waals surface area contributed by atoms with Gasteiger partial charge in [0, 0.05) is 25.2 Å². The van der Waals surface area contributed by atoms with Crippen LogP contribution in [0.1, 0.15) is 20.8 Å². The van der Waals surface area contributed by atoms with Gasteiger partial charge in [0.05, 0.1) is 19.3 Å². The van der Waals surface area contributed by atoms with E-state index in [9.17, 15) is 4.79 Å². The molecule has 1 saturated heterocycles. The zero-order valence-corrected chi connectivity index (χ0v) is 10.5. The summed E-state index contributed by atoms with van der Waals surface area (Å²) in [6.07, 6.45) is 0.0659. The fourth-order valence-electron chi connectivity index (χ4n) is 1.73. The van der Waals surface area contributed by atoms with Crippen LogP contribution in [0.5, 0.6) is 0 Å². The Balaban J connectivity index is 2.33. The summed E-state index contributed by atoms with van der Waals surface area (Å²) in [7, 11) is 0. The number of hydrogen-bond donors (Lipinski definition) is 2. The van der Waals surface area contributed by atoms with Crippen LogP contribution in [0.2, 0.25) is 0 Å². The second-order valence-electron chi connectivity index (χ2n) is 5.26. The lowest BCUT2D eigenvalue weighted by Gasteiger charge is -2.32. The lowest BCUT2D eigenvalue weighted by molar-refractivity contribution is -0.125. The van der Waals surface area contributed by atoms with Crippen LogP contribution >= 0.6 is 0 Å². The molecule has 16 heavy (non-hydrogen) atoms. The fourth-order valence-corrected chi connectivity index (χ4v) is 1.73. The number of hydrogen-bond acceptors (Lipinski definition) is 4. The van der Waals surface area contributed by atoms with Gasteiger partial charge in [0.15, 0.2) is 0 Å². The Morgan fingerprint density at radius 3 is 2.81 bits per heavy atom. The molecule has 1 aliphatic heterocycles. The topological polar surface area (TPSA) is 67.6 Å². The summed E-state index contributed by atoms with van der Waals surface area (Å²) in [6.45, 7) is 9.08. The van der Waals surface area contributed by atoms with Crippen molar-refractivity contribution in [1.29, 1.82) is 0 Å². The Morgan fingerprint density at radius 1 is 1.56 bits per heavy atom. The van der Waals surface area contributed by atoms with E-state index in [0.717, 1.165) is 13.1 Å². The summed E-state index contributed by atoms with van der Waals surface area (Å²) in [5.74, 6) is 0.0603. The van der Waals surface area contributed by atoms with Gasteiger partial charge in [0.1, 0.15) is 0 Å². The van der Waals surface area contributed by atoms with Gasteiger partial charge in [-0.2, -0.15) is 0 Å². The first-order valence-corrected chi connectivity index (χ1v) is 5.76. The predicted molar refractivity (Wildman–Crippen MR) is 63.1 cm³/mol. The maximum absolute atomic E-state index is 11.7. The number of carbonyl (C=O) groups excluding carboxylic acids is 1. The molecule has 1 rings (SSSR count). The maximum Gasteiger partial charge on any atom is 0.234 e. The number of morpholine rings is 1. The molecule has 3 N–H and O–H groups in total. The molecule has 1 fully saturated rings. The Kier molecular flexibility index (Phi) is 4.70. The molecule has 0 aliphatic carbocycles. The minimum Gasteiger partial charge on any atom is -0.374 e. The molecule has 5 heteroatoms. The van der Waals surface area contributed by atoms with Gasteiger partial charge in [-0.15, -0.1) is 0 Å². The van der Waals surface area contributed by atoms with Gasteiger partial charge in [0.25, 0.3) is 0 Å². The van der Waals surface area contributed by atoms with E-state index >= 15 is 0 Å². The number of carbonyl (C=O) groups is 1. The van der Waals surface area contributed by atoms with E-state index in [2.05, 4.69) is 10.2 Å². The Labute approximate surface area is 97.3 Å². The van der Waals surface area contributed by atoms with E-state index in [4.69, 9.17) is 10.5 Å². The molecule has 0 aromatic carbocycles. The standard InChI is InChI=1S/C11H23N3O2/c1-11(2,3)13-10(15)8-14-4-5-16-9(6-12)7-14/h9H,4-8,12H2,1-3H3,(H,13,15). The number of nitrogens with zero attached hydrogens (tertiary/aromatic N) is 1. The molecular formula is C11H23N3O2. The monoisotopic (exact) mass is 229 g/mol. The van der Waals surface area contributed by atoms with Gasteiger partial charge in [-0.05, 0) is 20.8 Å². The smallest absolute Gasteiger partial charge is 0.234 e. The molecule has 1 atom stereocenters. The third-order valence-corrected chi connectivity index (χ3v) is 2.37. The average molecular weight is 229 g/mol. The number of rotatable bonds is 3. The van der Waals surface area contributed by atoms with Crippen LogP contribution in [-0.2, 0) is 9.53 Å². The second kappa shape index (κ2) is 5.61. The summed E-state index contributed by atoms with van der Waals surface area (Å²) >= 11 is 0. The highest BCUT2D eigenvalue weighted by atomic mass is 16.5. The molecule has 94 valence electrons. The van der Waals surface area contributed by atoms with Crippen LogP contribution in [-0.4, -0.2) is 55.2 Å². The quantitative estimate of drug-likeness (QED) is 0.688. The van der Waals surface area contributed by atoms with Gasteiger partial charge in [-0.3, -0.25) is 9.69 Å². The zero-order chi connectivity index (χ0) is 12.2. The largest absolute Gasteiger partial charge is 0.374 e. The maximum atomic E-state index is 11.7. The van der Waals surface area contributed by atoms with E-state index < -0.39 is 0 Å². The van der Waals surface area contributed by atoms with Gasteiger partial charge in [0.2, 0.25) is 5.91 Å². The summed E-state index contributed by atoms with van der Waals surface area (Å²) in [5, 5.41) is 2.95. The molecule has 1 aliphatic rings. The molecule has 1 amide bonds. The Hall–Kier alpha value is -0.650. The van der Waals surface area contributed by atoms with Crippen LogP contribution in [0.25, 0.3) is 0 Å². The highest BCUT2D eigenvalue weighted by Gasteiger charge is 2.22. The van der Waals surface area contributed by atoms with Crippen molar-refractivity contribution in [1.82, 2.24) is 10.2 Å². The van der Waals surface area contributed by atoms with Crippen LogP contribution in [0.4, 0.5) is 0 Å². The lowest BCUT2D eigenvalue weighted by Crippen LogP contribution is -2.51. The molecule has 0 aromatic heterocycles. The van der Waals surface area contributed by atoms with Crippen LogP contribution in [0, 0.1) is 0 Å². The molecule has 1 heterocycles. The van der Waals surface area contributed by atoms with Crippen molar-refractivity contribution in [2.45, 2.75) is 32.4 Å². The summed E-state index contributed by atoms with van der Waals surface area (Å²) in [6, 6.07) is 0. The van der Waals surface area contributed by atoms with Crippen LogP contribution in [0.3, 0.4) is 0 Å². The lowest BCUT2D eigenvalue weighted by atomic mass is 10.1. The fraction of sp³-hybridized carbons (Fsp3) is 0.909. The zero-order valence-electron chi connectivity index (χ0n) is 10.5. The predicted octanol–water partition coefficient (Wildman–Crippen LogP) is -0.439. The van der Waals surface area contributed by atoms with E-state index in [1.807, 2.05) is 20.8 Å². The first kappa shape index (κ1) is 13.4. The molecular weight excluding hydrogens is 206 g/mol. The van der Waals surface area contributed by atoms with Crippen molar-refractivity contribution in [3.63, 3.8) is 0 Å². The van der Waals surface area contributed by atoms with Crippen molar-refractivity contribution in [3.8, 4) is 0 Å². The molecule has 0 spiro atoms. The summed E-state index contributed by atoms with van der Waals surface area (Å²) in [5.41, 5.74) is 5.38. The van der Waals surface area contributed by atoms with E-state index in [-0.39, 0.29) is 17.6 Å². The SMILES string of the molecule is CC(C)(C)NC(=O)CN1CCOC(CN)C1. The Morgan fingerprint density at radius 2 is 2.25 bits per heavy atom. The van der Waals surface area contributed by atoms with E-state index in [1.54, 1.807) is 0 Å². The van der Waals surface area contributed by atoms with E-state index in [0.29, 0.717) is 19.7 Å². The van der Waals surface area contributed by atoms with Gasteiger partial charge >= 0.3 is 0 Å². The molecule has 0 bridgehead atoms. The first-order chi connectivity index (χ1) is 7.40. The minimum absolute atomic E-state index is 0.0603. The third-order valence-electron chi connectivity index (χ3n) is 2.37. The molecule has 1 unspecified atom stereocenters. The number of nitrogens with one attached hydrogen (secondary N) is 1. The molecule has 0 radical (unpaired) electrons. The van der Waals surface area contributed by atoms with Crippen molar-refractivity contribution in [3.05, 3.63) is 0 Å². The average Bonchev–Trinajstić information content (AvgIpc) is 2.15. The van der Waals surface area contributed by atoms with Crippen molar-refractivity contribution < 1.29 is 9.53 Å². The molecule has 0 aromatic rings.